The van der Waals surface area contributed by atoms with E-state index < -0.39 is 5.97 Å². The summed E-state index contributed by atoms with van der Waals surface area (Å²) in [5.74, 6) is 0.212. The van der Waals surface area contributed by atoms with Crippen LogP contribution in [0.5, 0.6) is 0 Å². The van der Waals surface area contributed by atoms with Gasteiger partial charge in [-0.25, -0.2) is 0 Å². The quantitative estimate of drug-likeness (QED) is 0.800. The SMILES string of the molecule is O=C(O)CCSC(=O)N1CCC2CCCC=C2C1. The largest absolute Gasteiger partial charge is 0.481 e. The molecule has 1 N–H and O–H groups in total. The third kappa shape index (κ3) is 3.51. The molecule has 1 atom stereocenters. The fourth-order valence-corrected chi connectivity index (χ4v) is 3.40. The molecule has 1 aliphatic carbocycles. The van der Waals surface area contributed by atoms with Crippen LogP contribution in [0, 0.1) is 5.92 Å². The van der Waals surface area contributed by atoms with E-state index in [0.29, 0.717) is 11.7 Å². The van der Waals surface area contributed by atoms with Gasteiger partial charge >= 0.3 is 5.97 Å². The van der Waals surface area contributed by atoms with Gasteiger partial charge in [-0.3, -0.25) is 9.59 Å². The number of likely N-dealkylation sites (tertiary alicyclic amines) is 1. The Hall–Kier alpha value is -0.970. The highest BCUT2D eigenvalue weighted by Crippen LogP contribution is 2.32. The van der Waals surface area contributed by atoms with Crippen LogP contribution in [-0.4, -0.2) is 40.1 Å². The Kier molecular flexibility index (Phi) is 4.69. The van der Waals surface area contributed by atoms with E-state index in [1.807, 2.05) is 4.90 Å². The first-order valence-corrected chi connectivity index (χ1v) is 7.48. The summed E-state index contributed by atoms with van der Waals surface area (Å²) in [7, 11) is 0. The normalized spacial score (nSPS) is 23.2. The van der Waals surface area contributed by atoms with E-state index in [1.54, 1.807) is 0 Å². The number of hydrogen-bond acceptors (Lipinski definition) is 3. The van der Waals surface area contributed by atoms with Gasteiger partial charge in [0.05, 0.1) is 6.42 Å². The Bertz CT molecular complexity index is 367. The summed E-state index contributed by atoms with van der Waals surface area (Å²) in [4.78, 5) is 24.2. The van der Waals surface area contributed by atoms with Crippen LogP contribution in [0.25, 0.3) is 0 Å². The zero-order chi connectivity index (χ0) is 13.0. The molecule has 100 valence electrons. The van der Waals surface area contributed by atoms with Gasteiger partial charge in [0.25, 0.3) is 5.24 Å². The van der Waals surface area contributed by atoms with Crippen LogP contribution < -0.4 is 0 Å². The second-order valence-electron chi connectivity index (χ2n) is 4.88. The lowest BCUT2D eigenvalue weighted by atomic mass is 9.83. The third-order valence-electron chi connectivity index (χ3n) is 3.61. The Labute approximate surface area is 111 Å². The van der Waals surface area contributed by atoms with E-state index in [1.165, 1.54) is 18.4 Å². The maximum atomic E-state index is 11.9. The lowest BCUT2D eigenvalue weighted by molar-refractivity contribution is -0.136. The molecule has 0 aromatic heterocycles. The van der Waals surface area contributed by atoms with Crippen LogP contribution in [-0.2, 0) is 4.79 Å². The van der Waals surface area contributed by atoms with Crippen molar-refractivity contribution in [2.45, 2.75) is 32.1 Å². The molecule has 18 heavy (non-hydrogen) atoms. The van der Waals surface area contributed by atoms with Crippen LogP contribution in [0.1, 0.15) is 32.1 Å². The molecule has 1 heterocycles. The van der Waals surface area contributed by atoms with Crippen molar-refractivity contribution in [3.63, 3.8) is 0 Å². The smallest absolute Gasteiger partial charge is 0.304 e. The number of aliphatic carboxylic acids is 1. The van der Waals surface area contributed by atoms with E-state index in [0.717, 1.165) is 37.7 Å². The fourth-order valence-electron chi connectivity index (χ4n) is 2.61. The Morgan fingerprint density at radius 3 is 3.06 bits per heavy atom. The summed E-state index contributed by atoms with van der Waals surface area (Å²) in [5.41, 5.74) is 1.42. The predicted octanol–water partition coefficient (Wildman–Crippen LogP) is 2.75. The molecule has 1 amide bonds. The van der Waals surface area contributed by atoms with Crippen molar-refractivity contribution < 1.29 is 14.7 Å². The minimum atomic E-state index is -0.844. The average molecular weight is 269 g/mol. The van der Waals surface area contributed by atoms with Crippen molar-refractivity contribution in [2.24, 2.45) is 5.92 Å². The lowest BCUT2D eigenvalue weighted by Crippen LogP contribution is -2.38. The molecule has 1 aliphatic heterocycles. The van der Waals surface area contributed by atoms with Crippen molar-refractivity contribution in [1.29, 1.82) is 0 Å². The van der Waals surface area contributed by atoms with E-state index >= 15 is 0 Å². The van der Waals surface area contributed by atoms with Crippen LogP contribution in [0.2, 0.25) is 0 Å². The Balaban J connectivity index is 1.81. The highest BCUT2D eigenvalue weighted by atomic mass is 32.2. The van der Waals surface area contributed by atoms with Gasteiger partial charge in [0, 0.05) is 18.8 Å². The monoisotopic (exact) mass is 269 g/mol. The summed E-state index contributed by atoms with van der Waals surface area (Å²) < 4.78 is 0. The zero-order valence-corrected chi connectivity index (χ0v) is 11.2. The van der Waals surface area contributed by atoms with Gasteiger partial charge in [-0.1, -0.05) is 23.4 Å². The molecule has 5 heteroatoms. The minimum absolute atomic E-state index is 0.0289. The molecular weight excluding hydrogens is 250 g/mol. The molecule has 2 aliphatic rings. The van der Waals surface area contributed by atoms with Gasteiger partial charge in [0.15, 0.2) is 0 Å². The van der Waals surface area contributed by atoms with E-state index in [2.05, 4.69) is 6.08 Å². The average Bonchev–Trinajstić information content (AvgIpc) is 2.37. The number of allylic oxidation sites excluding steroid dienone is 1. The van der Waals surface area contributed by atoms with Gasteiger partial charge in [-0.2, -0.15) is 0 Å². The van der Waals surface area contributed by atoms with Crippen molar-refractivity contribution in [3.8, 4) is 0 Å². The van der Waals surface area contributed by atoms with Gasteiger partial charge in [0.1, 0.15) is 0 Å². The maximum absolute atomic E-state index is 11.9. The Morgan fingerprint density at radius 1 is 1.44 bits per heavy atom. The van der Waals surface area contributed by atoms with E-state index in [4.69, 9.17) is 5.11 Å². The van der Waals surface area contributed by atoms with E-state index in [-0.39, 0.29) is 11.7 Å². The number of fused-ring (bicyclic) bond motifs is 1. The Morgan fingerprint density at radius 2 is 2.28 bits per heavy atom. The number of amides is 1. The second-order valence-corrected chi connectivity index (χ2v) is 5.92. The predicted molar refractivity (Wildman–Crippen MR) is 71.7 cm³/mol. The highest BCUT2D eigenvalue weighted by Gasteiger charge is 2.27. The number of carbonyl (C=O) groups excluding carboxylic acids is 1. The summed E-state index contributed by atoms with van der Waals surface area (Å²) >= 11 is 1.13. The number of nitrogens with zero attached hydrogens (tertiary/aromatic N) is 1. The first kappa shape index (κ1) is 13.5. The van der Waals surface area contributed by atoms with Crippen LogP contribution >= 0.6 is 11.8 Å². The van der Waals surface area contributed by atoms with Crippen LogP contribution in [0.4, 0.5) is 4.79 Å². The molecule has 2 rings (SSSR count). The first-order valence-electron chi connectivity index (χ1n) is 6.49. The number of hydrogen-bond donors (Lipinski definition) is 1. The molecule has 0 saturated carbocycles. The summed E-state index contributed by atoms with van der Waals surface area (Å²) in [6.07, 6.45) is 7.08. The van der Waals surface area contributed by atoms with Gasteiger partial charge in [-0.05, 0) is 31.6 Å². The summed E-state index contributed by atoms with van der Waals surface area (Å²) in [6.45, 7) is 1.57. The number of thioether (sulfide) groups is 1. The van der Waals surface area contributed by atoms with Crippen LogP contribution in [0.15, 0.2) is 11.6 Å². The van der Waals surface area contributed by atoms with Crippen molar-refractivity contribution in [3.05, 3.63) is 11.6 Å². The highest BCUT2D eigenvalue weighted by molar-refractivity contribution is 8.13. The summed E-state index contributed by atoms with van der Waals surface area (Å²) in [5, 5.41) is 8.57. The van der Waals surface area contributed by atoms with Gasteiger partial charge < -0.3 is 10.0 Å². The standard InChI is InChI=1S/C13H19NO3S/c15-12(16)6-8-18-13(17)14-7-5-10-3-1-2-4-11(10)9-14/h4,10H,1-3,5-9H2,(H,15,16). The third-order valence-corrected chi connectivity index (χ3v) is 4.52. The first-order chi connectivity index (χ1) is 8.66. The van der Waals surface area contributed by atoms with Gasteiger partial charge in [0.2, 0.25) is 0 Å². The molecule has 0 aromatic carbocycles. The molecule has 0 spiro atoms. The van der Waals surface area contributed by atoms with Gasteiger partial charge in [-0.15, -0.1) is 0 Å². The number of piperidine rings is 1. The molecule has 1 saturated heterocycles. The zero-order valence-electron chi connectivity index (χ0n) is 10.4. The molecule has 1 fully saturated rings. The fraction of sp³-hybridized carbons (Fsp3) is 0.692. The number of carboxylic acid groups (broad SMARTS) is 1. The second kappa shape index (κ2) is 6.27. The minimum Gasteiger partial charge on any atom is -0.481 e. The molecule has 1 unspecified atom stereocenters. The number of carboxylic acids is 1. The van der Waals surface area contributed by atoms with Crippen molar-refractivity contribution >= 4 is 23.0 Å². The maximum Gasteiger partial charge on any atom is 0.304 e. The molecule has 4 nitrogen and oxygen atoms in total. The molecule has 0 aromatic rings. The topological polar surface area (TPSA) is 57.6 Å². The van der Waals surface area contributed by atoms with E-state index in [9.17, 15) is 9.59 Å². The number of rotatable bonds is 3. The van der Waals surface area contributed by atoms with Crippen molar-refractivity contribution in [1.82, 2.24) is 4.90 Å². The number of carbonyl (C=O) groups is 2. The molecule has 0 bridgehead atoms. The lowest BCUT2D eigenvalue weighted by Gasteiger charge is -2.36. The molecular formula is C13H19NO3S. The molecule has 0 radical (unpaired) electrons. The van der Waals surface area contributed by atoms with Crippen LogP contribution in [0.3, 0.4) is 0 Å². The van der Waals surface area contributed by atoms with Crippen molar-refractivity contribution in [2.75, 3.05) is 18.8 Å². The summed E-state index contributed by atoms with van der Waals surface area (Å²) in [6, 6.07) is 0.